The van der Waals surface area contributed by atoms with Gasteiger partial charge in [0.25, 0.3) is 0 Å². The highest BCUT2D eigenvalue weighted by molar-refractivity contribution is 5.27. The summed E-state index contributed by atoms with van der Waals surface area (Å²) in [4.78, 5) is 0. The second-order valence-corrected chi connectivity index (χ2v) is 6.53. The molecule has 0 radical (unpaired) electrons. The lowest BCUT2D eigenvalue weighted by atomic mass is 9.76. The van der Waals surface area contributed by atoms with Crippen LogP contribution >= 0.6 is 0 Å². The molecule has 1 aromatic carbocycles. The Kier molecular flexibility index (Phi) is 6.63. The molecule has 0 aliphatic carbocycles. The monoisotopic (exact) mass is 281 g/mol. The van der Waals surface area contributed by atoms with Gasteiger partial charge in [-0.2, -0.15) is 0 Å². The molecule has 1 unspecified atom stereocenters. The number of hydrogen-bond donors (Lipinski definition) is 1. The number of nitrogens with one attached hydrogen (secondary N) is 1. The third-order valence-corrected chi connectivity index (χ3v) is 3.88. The molecular formula is C17H28FNO. The van der Waals surface area contributed by atoms with E-state index in [1.54, 1.807) is 13.2 Å². The van der Waals surface area contributed by atoms with Gasteiger partial charge in [-0.15, -0.1) is 0 Å². The van der Waals surface area contributed by atoms with Crippen LogP contribution in [0.3, 0.4) is 0 Å². The van der Waals surface area contributed by atoms with Crippen LogP contribution in [0.2, 0.25) is 0 Å². The first-order valence-electron chi connectivity index (χ1n) is 7.29. The maximum absolute atomic E-state index is 13.4. The zero-order chi connectivity index (χ0) is 15.2. The second kappa shape index (κ2) is 7.75. The van der Waals surface area contributed by atoms with Crippen LogP contribution < -0.4 is 5.32 Å². The minimum absolute atomic E-state index is 0.148. The van der Waals surface area contributed by atoms with E-state index in [0.29, 0.717) is 5.92 Å². The van der Waals surface area contributed by atoms with Crippen molar-refractivity contribution in [3.63, 3.8) is 0 Å². The van der Waals surface area contributed by atoms with Crippen LogP contribution in [0, 0.1) is 24.1 Å². The van der Waals surface area contributed by atoms with Gasteiger partial charge in [0.2, 0.25) is 0 Å². The summed E-state index contributed by atoms with van der Waals surface area (Å²) in [6, 6.07) is 5.06. The van der Waals surface area contributed by atoms with E-state index in [9.17, 15) is 4.39 Å². The summed E-state index contributed by atoms with van der Waals surface area (Å²) in [5.41, 5.74) is 2.45. The molecule has 1 atom stereocenters. The van der Waals surface area contributed by atoms with Crippen LogP contribution in [0.5, 0.6) is 0 Å². The van der Waals surface area contributed by atoms with Crippen molar-refractivity contribution in [3.05, 3.63) is 35.1 Å². The van der Waals surface area contributed by atoms with E-state index >= 15 is 0 Å². The number of hydrogen-bond acceptors (Lipinski definition) is 2. The Morgan fingerprint density at radius 2 is 2.00 bits per heavy atom. The smallest absolute Gasteiger partial charge is 0.123 e. The third-order valence-electron chi connectivity index (χ3n) is 3.88. The molecule has 0 aliphatic heterocycles. The van der Waals surface area contributed by atoms with Crippen molar-refractivity contribution < 1.29 is 9.13 Å². The number of rotatable bonds is 7. The maximum Gasteiger partial charge on any atom is 0.123 e. The maximum atomic E-state index is 13.4. The van der Waals surface area contributed by atoms with Gasteiger partial charge in [0.1, 0.15) is 5.82 Å². The third kappa shape index (κ3) is 5.59. The summed E-state index contributed by atoms with van der Waals surface area (Å²) >= 11 is 0. The largest absolute Gasteiger partial charge is 0.383 e. The molecule has 0 aliphatic rings. The first kappa shape index (κ1) is 17.1. The van der Waals surface area contributed by atoms with Crippen LogP contribution in [0.25, 0.3) is 0 Å². The van der Waals surface area contributed by atoms with Crippen molar-refractivity contribution in [1.29, 1.82) is 0 Å². The van der Waals surface area contributed by atoms with Crippen LogP contribution in [0.15, 0.2) is 18.2 Å². The fourth-order valence-corrected chi connectivity index (χ4v) is 2.26. The molecule has 3 heteroatoms. The molecule has 0 aromatic heterocycles. The molecule has 2 nitrogen and oxygen atoms in total. The molecule has 0 spiro atoms. The van der Waals surface area contributed by atoms with Crippen molar-refractivity contribution in [2.45, 2.75) is 34.1 Å². The lowest BCUT2D eigenvalue weighted by Gasteiger charge is -2.31. The van der Waals surface area contributed by atoms with E-state index < -0.39 is 0 Å². The molecule has 0 fully saturated rings. The van der Waals surface area contributed by atoms with E-state index in [-0.39, 0.29) is 11.2 Å². The molecular weight excluding hydrogens is 253 g/mol. The second-order valence-electron chi connectivity index (χ2n) is 6.53. The van der Waals surface area contributed by atoms with E-state index in [2.05, 4.69) is 26.1 Å². The van der Waals surface area contributed by atoms with Crippen molar-refractivity contribution in [3.8, 4) is 0 Å². The average molecular weight is 281 g/mol. The zero-order valence-corrected chi connectivity index (χ0v) is 13.4. The first-order valence-corrected chi connectivity index (χ1v) is 7.29. The molecule has 0 saturated heterocycles. The van der Waals surface area contributed by atoms with Crippen LogP contribution in [0.1, 0.15) is 31.9 Å². The Morgan fingerprint density at radius 1 is 1.30 bits per heavy atom. The SMILES string of the molecule is COCCNCC(Cc1cc(F)ccc1C)C(C)(C)C. The Balaban J connectivity index is 2.71. The van der Waals surface area contributed by atoms with Crippen LogP contribution in [-0.2, 0) is 11.2 Å². The van der Waals surface area contributed by atoms with Crippen molar-refractivity contribution >= 4 is 0 Å². The predicted octanol–water partition coefficient (Wildman–Crippen LogP) is 3.57. The standard InChI is InChI=1S/C17H28FNO/c1-13-6-7-16(18)11-14(13)10-15(17(2,3)4)12-19-8-9-20-5/h6-7,11,15,19H,8-10,12H2,1-5H3. The number of aryl methyl sites for hydroxylation is 1. The van der Waals surface area contributed by atoms with Gasteiger partial charge in [-0.1, -0.05) is 26.8 Å². The molecule has 1 rings (SSSR count). The van der Waals surface area contributed by atoms with Gasteiger partial charge in [0, 0.05) is 13.7 Å². The van der Waals surface area contributed by atoms with Crippen molar-refractivity contribution in [2.75, 3.05) is 26.8 Å². The topological polar surface area (TPSA) is 21.3 Å². The van der Waals surface area contributed by atoms with E-state index in [0.717, 1.165) is 37.2 Å². The highest BCUT2D eigenvalue weighted by atomic mass is 19.1. The quantitative estimate of drug-likeness (QED) is 0.771. The molecule has 1 N–H and O–H groups in total. The highest BCUT2D eigenvalue weighted by Gasteiger charge is 2.25. The minimum Gasteiger partial charge on any atom is -0.383 e. The predicted molar refractivity (Wildman–Crippen MR) is 82.5 cm³/mol. The zero-order valence-electron chi connectivity index (χ0n) is 13.4. The number of benzene rings is 1. The van der Waals surface area contributed by atoms with E-state index in [1.165, 1.54) is 6.07 Å². The van der Waals surface area contributed by atoms with Gasteiger partial charge in [0.15, 0.2) is 0 Å². The summed E-state index contributed by atoms with van der Waals surface area (Å²) < 4.78 is 18.5. The molecule has 20 heavy (non-hydrogen) atoms. The molecule has 0 amide bonds. The fourth-order valence-electron chi connectivity index (χ4n) is 2.26. The van der Waals surface area contributed by atoms with Crippen molar-refractivity contribution in [1.82, 2.24) is 5.32 Å². The summed E-state index contributed by atoms with van der Waals surface area (Å²) in [5.74, 6) is 0.311. The Bertz CT molecular complexity index is 412. The van der Waals surface area contributed by atoms with E-state index in [1.807, 2.05) is 13.0 Å². The van der Waals surface area contributed by atoms with Gasteiger partial charge < -0.3 is 10.1 Å². The Labute approximate surface area is 122 Å². The first-order chi connectivity index (χ1) is 9.34. The average Bonchev–Trinajstić information content (AvgIpc) is 2.36. The molecule has 1 aromatic rings. The van der Waals surface area contributed by atoms with Gasteiger partial charge in [-0.05, 0) is 54.5 Å². The summed E-state index contributed by atoms with van der Waals surface area (Å²) in [6.07, 6.45) is 0.896. The normalized spacial score (nSPS) is 13.5. The highest BCUT2D eigenvalue weighted by Crippen LogP contribution is 2.29. The molecule has 0 heterocycles. The van der Waals surface area contributed by atoms with Crippen LogP contribution in [0.4, 0.5) is 4.39 Å². The van der Waals surface area contributed by atoms with Gasteiger partial charge in [-0.3, -0.25) is 0 Å². The van der Waals surface area contributed by atoms with Crippen molar-refractivity contribution in [2.24, 2.45) is 11.3 Å². The van der Waals surface area contributed by atoms with Gasteiger partial charge >= 0.3 is 0 Å². The lowest BCUT2D eigenvalue weighted by molar-refractivity contribution is 0.186. The number of halogens is 1. The molecule has 114 valence electrons. The van der Waals surface area contributed by atoms with E-state index in [4.69, 9.17) is 4.74 Å². The van der Waals surface area contributed by atoms with Crippen LogP contribution in [-0.4, -0.2) is 26.8 Å². The number of methoxy groups -OCH3 is 1. The Hall–Kier alpha value is -0.930. The lowest BCUT2D eigenvalue weighted by Crippen LogP contribution is -2.35. The number of ether oxygens (including phenoxy) is 1. The fraction of sp³-hybridized carbons (Fsp3) is 0.647. The summed E-state index contributed by atoms with van der Waals surface area (Å²) in [7, 11) is 1.71. The minimum atomic E-state index is -0.148. The summed E-state index contributed by atoms with van der Waals surface area (Å²) in [6.45, 7) is 11.3. The molecule has 0 saturated carbocycles. The van der Waals surface area contributed by atoms with Gasteiger partial charge in [0.05, 0.1) is 6.61 Å². The Morgan fingerprint density at radius 3 is 2.60 bits per heavy atom. The summed E-state index contributed by atoms with van der Waals surface area (Å²) in [5, 5.41) is 3.43. The molecule has 0 bridgehead atoms. The van der Waals surface area contributed by atoms with Gasteiger partial charge in [-0.25, -0.2) is 4.39 Å².